The van der Waals surface area contributed by atoms with Crippen LogP contribution in [0.3, 0.4) is 0 Å². The van der Waals surface area contributed by atoms with Gasteiger partial charge in [0.2, 0.25) is 0 Å². The molecule has 0 amide bonds. The first-order chi connectivity index (χ1) is 17.4. The van der Waals surface area contributed by atoms with Gasteiger partial charge >= 0.3 is 11.9 Å². The van der Waals surface area contributed by atoms with Crippen molar-refractivity contribution < 1.29 is 19.8 Å². The fourth-order valence-corrected chi connectivity index (χ4v) is 5.19. The number of hydrogen-bond donors (Lipinski definition) is 3. The zero-order valence-corrected chi connectivity index (χ0v) is 22.1. The summed E-state index contributed by atoms with van der Waals surface area (Å²) in [6.45, 7) is 10.9. The van der Waals surface area contributed by atoms with Crippen molar-refractivity contribution in [1.29, 1.82) is 0 Å². The van der Waals surface area contributed by atoms with E-state index < -0.39 is 33.8 Å². The molecule has 3 aromatic rings. The highest BCUT2D eigenvalue weighted by atomic mass is 16.4. The lowest BCUT2D eigenvalue weighted by Crippen LogP contribution is -2.69. The largest absolute Gasteiger partial charge is 0.481 e. The van der Waals surface area contributed by atoms with Crippen LogP contribution in [0.4, 0.5) is 0 Å². The van der Waals surface area contributed by atoms with Crippen molar-refractivity contribution in [3.05, 3.63) is 120 Å². The monoisotopic (exact) mass is 499 g/mol. The second-order valence-corrected chi connectivity index (χ2v) is 11.0. The Morgan fingerprint density at radius 1 is 0.730 bits per heavy atom. The molecule has 0 aromatic heterocycles. The second-order valence-electron chi connectivity index (χ2n) is 11.0. The molecular formula is C32H37NO4. The topological polar surface area (TPSA) is 86.6 Å². The summed E-state index contributed by atoms with van der Waals surface area (Å²) in [5, 5.41) is 24.9. The molecule has 0 saturated heterocycles. The average molecular weight is 500 g/mol. The summed E-state index contributed by atoms with van der Waals surface area (Å²) in [6, 6.07) is 29.2. The second kappa shape index (κ2) is 10.7. The first-order valence-electron chi connectivity index (χ1n) is 12.5. The van der Waals surface area contributed by atoms with Gasteiger partial charge < -0.3 is 10.2 Å². The third-order valence-corrected chi connectivity index (χ3v) is 7.43. The van der Waals surface area contributed by atoms with Gasteiger partial charge in [-0.1, -0.05) is 118 Å². The van der Waals surface area contributed by atoms with Gasteiger partial charge in [0.1, 0.15) is 5.54 Å². The van der Waals surface area contributed by atoms with Crippen LogP contribution < -0.4 is 5.32 Å². The first kappa shape index (κ1) is 27.9. The molecule has 0 heterocycles. The highest BCUT2D eigenvalue weighted by Crippen LogP contribution is 2.47. The van der Waals surface area contributed by atoms with Crippen molar-refractivity contribution in [2.24, 2.45) is 10.8 Å². The number of rotatable bonds is 11. The molecule has 0 spiro atoms. The summed E-state index contributed by atoms with van der Waals surface area (Å²) >= 11 is 0. The van der Waals surface area contributed by atoms with Crippen LogP contribution >= 0.6 is 0 Å². The third kappa shape index (κ3) is 5.23. The molecule has 0 saturated carbocycles. The van der Waals surface area contributed by atoms with E-state index in [4.69, 9.17) is 0 Å². The highest BCUT2D eigenvalue weighted by Gasteiger charge is 2.58. The van der Waals surface area contributed by atoms with Gasteiger partial charge in [-0.05, 0) is 41.9 Å². The summed E-state index contributed by atoms with van der Waals surface area (Å²) in [7, 11) is 0. The quantitative estimate of drug-likeness (QED) is 0.207. The summed E-state index contributed by atoms with van der Waals surface area (Å²) in [4.78, 5) is 26.0. The Morgan fingerprint density at radius 3 is 1.38 bits per heavy atom. The van der Waals surface area contributed by atoms with Crippen LogP contribution in [0.2, 0.25) is 0 Å². The van der Waals surface area contributed by atoms with Crippen molar-refractivity contribution in [2.75, 3.05) is 0 Å². The Morgan fingerprint density at radius 2 is 1.11 bits per heavy atom. The Kier molecular flexibility index (Phi) is 8.09. The average Bonchev–Trinajstić information content (AvgIpc) is 2.87. The van der Waals surface area contributed by atoms with E-state index in [0.717, 1.165) is 16.7 Å². The van der Waals surface area contributed by atoms with Gasteiger partial charge in [0.05, 0.1) is 11.0 Å². The van der Waals surface area contributed by atoms with Gasteiger partial charge in [0.25, 0.3) is 0 Å². The van der Waals surface area contributed by atoms with Crippen molar-refractivity contribution in [2.45, 2.75) is 51.6 Å². The van der Waals surface area contributed by atoms with E-state index >= 15 is 0 Å². The maximum Gasteiger partial charge on any atom is 0.324 e. The van der Waals surface area contributed by atoms with Gasteiger partial charge in [-0.15, -0.1) is 6.58 Å². The maximum atomic E-state index is 13.5. The minimum absolute atomic E-state index is 0.129. The molecule has 1 unspecified atom stereocenters. The Hall–Kier alpha value is -3.70. The number of carbonyl (C=O) groups is 2. The van der Waals surface area contributed by atoms with Crippen LogP contribution in [-0.2, 0) is 15.1 Å². The lowest BCUT2D eigenvalue weighted by atomic mass is 9.62. The Labute approximate surface area is 219 Å². The normalized spacial score (nSPS) is 15.2. The van der Waals surface area contributed by atoms with Crippen molar-refractivity contribution in [3.63, 3.8) is 0 Å². The van der Waals surface area contributed by atoms with E-state index in [9.17, 15) is 19.8 Å². The smallest absolute Gasteiger partial charge is 0.324 e. The molecule has 0 bridgehead atoms. The van der Waals surface area contributed by atoms with E-state index in [1.165, 1.54) is 0 Å². The van der Waals surface area contributed by atoms with E-state index in [-0.39, 0.29) is 12.8 Å². The zero-order chi connectivity index (χ0) is 27.3. The van der Waals surface area contributed by atoms with Crippen molar-refractivity contribution >= 4 is 11.9 Å². The van der Waals surface area contributed by atoms with Gasteiger partial charge in [-0.25, -0.2) is 0 Å². The molecule has 0 fully saturated rings. The van der Waals surface area contributed by atoms with E-state index in [1.807, 2.05) is 112 Å². The van der Waals surface area contributed by atoms with Crippen LogP contribution in [0.25, 0.3) is 0 Å². The first-order valence-corrected chi connectivity index (χ1v) is 12.5. The highest BCUT2D eigenvalue weighted by molar-refractivity contribution is 5.83. The molecule has 5 nitrogen and oxygen atoms in total. The lowest BCUT2D eigenvalue weighted by molar-refractivity contribution is -0.159. The molecule has 0 aliphatic carbocycles. The minimum Gasteiger partial charge on any atom is -0.481 e. The van der Waals surface area contributed by atoms with E-state index in [0.29, 0.717) is 0 Å². The summed E-state index contributed by atoms with van der Waals surface area (Å²) < 4.78 is 0. The molecule has 3 rings (SSSR count). The number of hydrogen-bond acceptors (Lipinski definition) is 3. The van der Waals surface area contributed by atoms with Crippen LogP contribution in [0.5, 0.6) is 0 Å². The molecule has 5 heteroatoms. The molecule has 37 heavy (non-hydrogen) atoms. The van der Waals surface area contributed by atoms with Gasteiger partial charge in [-0.2, -0.15) is 0 Å². The van der Waals surface area contributed by atoms with Crippen LogP contribution in [0.1, 0.15) is 57.2 Å². The summed E-state index contributed by atoms with van der Waals surface area (Å²) in [5.41, 5.74) is -2.46. The number of nitrogens with one attached hydrogen (secondary N) is 1. The molecule has 3 N–H and O–H groups in total. The SMILES string of the molecule is C=CCC(C)(C[C@](NC(c1ccccc1)(c1ccccc1)c1ccccc1)(C(=O)O)C(C)(C)C)C(=O)O. The Bertz CT molecular complexity index is 1120. The van der Waals surface area contributed by atoms with Gasteiger partial charge in [0, 0.05) is 0 Å². The third-order valence-electron chi connectivity index (χ3n) is 7.43. The van der Waals surface area contributed by atoms with Gasteiger partial charge in [0.15, 0.2) is 0 Å². The number of carboxylic acid groups (broad SMARTS) is 2. The van der Waals surface area contributed by atoms with Crippen LogP contribution in [0, 0.1) is 10.8 Å². The molecule has 0 aliphatic rings. The van der Waals surface area contributed by atoms with Gasteiger partial charge in [-0.3, -0.25) is 14.9 Å². The molecular weight excluding hydrogens is 462 g/mol. The minimum atomic E-state index is -1.66. The van der Waals surface area contributed by atoms with Crippen molar-refractivity contribution in [3.8, 4) is 0 Å². The molecule has 0 radical (unpaired) electrons. The summed E-state index contributed by atoms with van der Waals surface area (Å²) in [5.74, 6) is -2.17. The number of carboxylic acids is 2. The fourth-order valence-electron chi connectivity index (χ4n) is 5.19. The molecule has 2 atom stereocenters. The Balaban J connectivity index is 2.45. The van der Waals surface area contributed by atoms with E-state index in [2.05, 4.69) is 11.9 Å². The summed E-state index contributed by atoms with van der Waals surface area (Å²) in [6.07, 6.45) is 1.51. The predicted molar refractivity (Wildman–Crippen MR) is 147 cm³/mol. The molecule has 3 aromatic carbocycles. The number of allylic oxidation sites excluding steroid dienone is 1. The molecule has 194 valence electrons. The lowest BCUT2D eigenvalue weighted by Gasteiger charge is -2.52. The maximum absolute atomic E-state index is 13.5. The standard InChI is InChI=1S/C32H37NO4/c1-6-22-30(5,27(34)35)23-31(28(36)37,29(2,3)4)33-32(24-16-10-7-11-17-24,25-18-12-8-13-19-25)26-20-14-9-15-21-26/h6-21,33H,1,22-23H2,2-5H3,(H,34,35)(H,36,37)/t30?,31-/m0/s1. The number of aliphatic carboxylic acids is 2. The van der Waals surface area contributed by atoms with E-state index in [1.54, 1.807) is 13.0 Å². The predicted octanol–water partition coefficient (Wildman–Crippen LogP) is 6.49. The fraction of sp³-hybridized carbons (Fsp3) is 0.312. The molecule has 0 aliphatic heterocycles. The van der Waals surface area contributed by atoms with Crippen LogP contribution in [0.15, 0.2) is 104 Å². The number of benzene rings is 3. The van der Waals surface area contributed by atoms with Crippen LogP contribution in [-0.4, -0.2) is 27.7 Å². The zero-order valence-electron chi connectivity index (χ0n) is 22.1. The van der Waals surface area contributed by atoms with Crippen molar-refractivity contribution in [1.82, 2.24) is 5.32 Å².